The standard InChI is InChI=1S/C26H30N4O4/c1-4-29(5-2)23(32)18-10-13-21(14-11-18)27-22(31)16-30-24(33)26(3,28-25(30)34)20-12-9-17-7-6-8-19(17)15-20/h9-15H,4-8,16H2,1-3H3,(H,27,31)(H,28,34). The quantitative estimate of drug-likeness (QED) is 0.618. The van der Waals surface area contributed by atoms with Crippen LogP contribution < -0.4 is 10.6 Å². The van der Waals surface area contributed by atoms with E-state index in [2.05, 4.69) is 10.6 Å². The van der Waals surface area contributed by atoms with E-state index in [0.717, 1.165) is 29.7 Å². The number of nitrogens with zero attached hydrogens (tertiary/aromatic N) is 2. The summed E-state index contributed by atoms with van der Waals surface area (Å²) in [5.41, 5.74) is 3.02. The van der Waals surface area contributed by atoms with Gasteiger partial charge >= 0.3 is 6.03 Å². The van der Waals surface area contributed by atoms with Gasteiger partial charge in [0.2, 0.25) is 5.91 Å². The van der Waals surface area contributed by atoms with E-state index in [1.807, 2.05) is 32.0 Å². The molecule has 2 aromatic rings. The zero-order valence-electron chi connectivity index (χ0n) is 19.8. The lowest BCUT2D eigenvalue weighted by Crippen LogP contribution is -2.42. The van der Waals surface area contributed by atoms with Crippen molar-refractivity contribution < 1.29 is 19.2 Å². The van der Waals surface area contributed by atoms with Crippen LogP contribution in [-0.2, 0) is 28.0 Å². The number of hydrogen-bond donors (Lipinski definition) is 2. The number of urea groups is 1. The Kier molecular flexibility index (Phi) is 6.41. The summed E-state index contributed by atoms with van der Waals surface area (Å²) in [6.07, 6.45) is 3.09. The van der Waals surface area contributed by atoms with Crippen molar-refractivity contribution in [3.05, 3.63) is 64.7 Å². The second-order valence-electron chi connectivity index (χ2n) is 8.89. The largest absolute Gasteiger partial charge is 0.339 e. The van der Waals surface area contributed by atoms with Gasteiger partial charge in [0.1, 0.15) is 12.1 Å². The number of hydrogen-bond acceptors (Lipinski definition) is 4. The number of benzene rings is 2. The third kappa shape index (κ3) is 4.27. The molecule has 4 rings (SSSR count). The zero-order valence-corrected chi connectivity index (χ0v) is 19.8. The lowest BCUT2D eigenvalue weighted by Gasteiger charge is -2.23. The third-order valence-electron chi connectivity index (χ3n) is 6.72. The van der Waals surface area contributed by atoms with E-state index >= 15 is 0 Å². The molecular formula is C26H30N4O4. The van der Waals surface area contributed by atoms with E-state index in [0.29, 0.717) is 24.3 Å². The van der Waals surface area contributed by atoms with E-state index in [-0.39, 0.29) is 5.91 Å². The number of anilines is 1. The molecule has 1 atom stereocenters. The van der Waals surface area contributed by atoms with Crippen molar-refractivity contribution >= 4 is 29.4 Å². The number of carbonyl (C=O) groups excluding carboxylic acids is 4. The topological polar surface area (TPSA) is 98.8 Å². The maximum Gasteiger partial charge on any atom is 0.325 e. The van der Waals surface area contributed by atoms with Crippen molar-refractivity contribution in [1.82, 2.24) is 15.1 Å². The fourth-order valence-electron chi connectivity index (χ4n) is 4.65. The Morgan fingerprint density at radius 2 is 1.71 bits per heavy atom. The van der Waals surface area contributed by atoms with Crippen LogP contribution in [0.5, 0.6) is 0 Å². The maximum atomic E-state index is 13.2. The number of imide groups is 1. The molecule has 5 amide bonds. The van der Waals surface area contributed by atoms with Gasteiger partial charge in [0.25, 0.3) is 11.8 Å². The zero-order chi connectivity index (χ0) is 24.5. The molecule has 1 saturated heterocycles. The maximum absolute atomic E-state index is 13.2. The smallest absolute Gasteiger partial charge is 0.325 e. The van der Waals surface area contributed by atoms with Gasteiger partial charge in [-0.3, -0.25) is 19.3 Å². The Morgan fingerprint density at radius 3 is 2.38 bits per heavy atom. The van der Waals surface area contributed by atoms with Crippen molar-refractivity contribution in [2.24, 2.45) is 0 Å². The van der Waals surface area contributed by atoms with Gasteiger partial charge in [-0.1, -0.05) is 18.2 Å². The van der Waals surface area contributed by atoms with Gasteiger partial charge in [0.15, 0.2) is 0 Å². The highest BCUT2D eigenvalue weighted by atomic mass is 16.2. The predicted molar refractivity (Wildman–Crippen MR) is 128 cm³/mol. The summed E-state index contributed by atoms with van der Waals surface area (Å²) < 4.78 is 0. The molecule has 2 aromatic carbocycles. The van der Waals surface area contributed by atoms with Gasteiger partial charge in [-0.25, -0.2) is 4.79 Å². The van der Waals surface area contributed by atoms with Gasteiger partial charge in [-0.2, -0.15) is 0 Å². The van der Waals surface area contributed by atoms with E-state index in [1.165, 1.54) is 11.1 Å². The van der Waals surface area contributed by atoms with Gasteiger partial charge in [-0.15, -0.1) is 0 Å². The number of amides is 5. The summed E-state index contributed by atoms with van der Waals surface area (Å²) in [5, 5.41) is 5.46. The van der Waals surface area contributed by atoms with Gasteiger partial charge in [0.05, 0.1) is 0 Å². The molecule has 1 fully saturated rings. The van der Waals surface area contributed by atoms with E-state index in [4.69, 9.17) is 0 Å². The molecule has 0 radical (unpaired) electrons. The van der Waals surface area contributed by atoms with Crippen molar-refractivity contribution in [2.45, 2.75) is 45.6 Å². The Morgan fingerprint density at radius 1 is 1.03 bits per heavy atom. The number of aryl methyl sites for hydroxylation is 2. The first-order chi connectivity index (χ1) is 16.3. The fourth-order valence-corrected chi connectivity index (χ4v) is 4.65. The average molecular weight is 463 g/mol. The summed E-state index contributed by atoms with van der Waals surface area (Å²) in [6, 6.07) is 11.9. The highest BCUT2D eigenvalue weighted by Gasteiger charge is 2.49. The molecule has 2 N–H and O–H groups in total. The molecule has 1 aliphatic heterocycles. The van der Waals surface area contributed by atoms with Gasteiger partial charge < -0.3 is 15.5 Å². The second-order valence-corrected chi connectivity index (χ2v) is 8.89. The van der Waals surface area contributed by atoms with Crippen molar-refractivity contribution in [1.29, 1.82) is 0 Å². The van der Waals surface area contributed by atoms with Crippen LogP contribution in [0.25, 0.3) is 0 Å². The normalized spacial score (nSPS) is 19.1. The van der Waals surface area contributed by atoms with Gasteiger partial charge in [0, 0.05) is 24.3 Å². The van der Waals surface area contributed by atoms with Crippen LogP contribution in [0.2, 0.25) is 0 Å². The van der Waals surface area contributed by atoms with Crippen molar-refractivity contribution in [2.75, 3.05) is 25.0 Å². The van der Waals surface area contributed by atoms with E-state index in [9.17, 15) is 19.2 Å². The minimum Gasteiger partial charge on any atom is -0.339 e. The van der Waals surface area contributed by atoms with E-state index < -0.39 is 29.9 Å². The van der Waals surface area contributed by atoms with Crippen LogP contribution in [0.15, 0.2) is 42.5 Å². The molecule has 1 aliphatic carbocycles. The fraction of sp³-hybridized carbons (Fsp3) is 0.385. The highest BCUT2D eigenvalue weighted by molar-refractivity contribution is 6.10. The van der Waals surface area contributed by atoms with Crippen LogP contribution >= 0.6 is 0 Å². The molecule has 2 aliphatic rings. The van der Waals surface area contributed by atoms with E-state index in [1.54, 1.807) is 36.1 Å². The number of nitrogens with one attached hydrogen (secondary N) is 2. The summed E-state index contributed by atoms with van der Waals surface area (Å²) in [4.78, 5) is 53.5. The van der Waals surface area contributed by atoms with Crippen molar-refractivity contribution in [3.8, 4) is 0 Å². The highest BCUT2D eigenvalue weighted by Crippen LogP contribution is 2.32. The van der Waals surface area contributed by atoms with Crippen LogP contribution in [0.1, 0.15) is 54.2 Å². The molecule has 178 valence electrons. The van der Waals surface area contributed by atoms with Crippen molar-refractivity contribution in [3.63, 3.8) is 0 Å². The first-order valence-corrected chi connectivity index (χ1v) is 11.7. The number of rotatable bonds is 7. The molecule has 8 nitrogen and oxygen atoms in total. The molecule has 0 spiro atoms. The molecule has 0 aromatic heterocycles. The first kappa shape index (κ1) is 23.5. The molecule has 1 unspecified atom stereocenters. The second kappa shape index (κ2) is 9.29. The predicted octanol–water partition coefficient (Wildman–Crippen LogP) is 3.06. The lowest BCUT2D eigenvalue weighted by atomic mass is 9.89. The monoisotopic (exact) mass is 462 g/mol. The lowest BCUT2D eigenvalue weighted by molar-refractivity contribution is -0.133. The van der Waals surface area contributed by atoms with Crippen LogP contribution in [-0.4, -0.2) is 53.2 Å². The molecule has 8 heteroatoms. The Balaban J connectivity index is 1.42. The number of fused-ring (bicyclic) bond motifs is 1. The summed E-state index contributed by atoms with van der Waals surface area (Å²) in [7, 11) is 0. The van der Waals surface area contributed by atoms with Crippen LogP contribution in [0.4, 0.5) is 10.5 Å². The number of carbonyl (C=O) groups is 4. The minimum atomic E-state index is -1.21. The SMILES string of the molecule is CCN(CC)C(=O)c1ccc(NC(=O)CN2C(=O)NC(C)(c3ccc4c(c3)CCC4)C2=O)cc1. The summed E-state index contributed by atoms with van der Waals surface area (Å²) >= 11 is 0. The molecule has 0 bridgehead atoms. The molecule has 1 heterocycles. The Bertz CT molecular complexity index is 1140. The molecule has 34 heavy (non-hydrogen) atoms. The Hall–Kier alpha value is -3.68. The molecule has 0 saturated carbocycles. The summed E-state index contributed by atoms with van der Waals surface area (Å²) in [5.74, 6) is -1.02. The van der Waals surface area contributed by atoms with Gasteiger partial charge in [-0.05, 0) is 81.0 Å². The summed E-state index contributed by atoms with van der Waals surface area (Å²) in [6.45, 7) is 6.34. The van der Waals surface area contributed by atoms with Crippen LogP contribution in [0.3, 0.4) is 0 Å². The third-order valence-corrected chi connectivity index (χ3v) is 6.72. The van der Waals surface area contributed by atoms with Crippen LogP contribution in [0, 0.1) is 0 Å². The average Bonchev–Trinajstić information content (AvgIpc) is 3.38. The Labute approximate surface area is 199 Å². The minimum absolute atomic E-state index is 0.0759. The first-order valence-electron chi connectivity index (χ1n) is 11.7. The molecular weight excluding hydrogens is 432 g/mol.